The molecule has 1 nitrogen and oxygen atoms in total. The first kappa shape index (κ1) is 17.1. The van der Waals surface area contributed by atoms with Crippen molar-refractivity contribution < 1.29 is 4.74 Å². The summed E-state index contributed by atoms with van der Waals surface area (Å²) < 4.78 is 5.50. The lowest BCUT2D eigenvalue weighted by Crippen LogP contribution is -2.12. The molecule has 2 rings (SSSR count). The highest BCUT2D eigenvalue weighted by Crippen LogP contribution is 2.37. The average molecular weight is 300 g/mol. The predicted octanol–water partition coefficient (Wildman–Crippen LogP) is 6.28. The van der Waals surface area contributed by atoms with E-state index in [2.05, 4.69) is 44.2 Å². The number of allylic oxidation sites excluding steroid dienone is 2. The Morgan fingerprint density at radius 3 is 2.50 bits per heavy atom. The van der Waals surface area contributed by atoms with E-state index in [4.69, 9.17) is 4.74 Å². The number of ether oxygens (including phenoxy) is 1. The van der Waals surface area contributed by atoms with Crippen molar-refractivity contribution in [3.05, 3.63) is 41.5 Å². The summed E-state index contributed by atoms with van der Waals surface area (Å²) in [5, 5.41) is 0. The van der Waals surface area contributed by atoms with Crippen molar-refractivity contribution in [1.82, 2.24) is 0 Å². The molecular formula is C21H32O. The van der Waals surface area contributed by atoms with Crippen LogP contribution in [0.25, 0.3) is 0 Å². The number of aryl methyl sites for hydroxylation is 1. The average Bonchev–Trinajstić information content (AvgIpc) is 2.56. The number of hydrogen-bond acceptors (Lipinski definition) is 1. The van der Waals surface area contributed by atoms with Gasteiger partial charge in [0.15, 0.2) is 0 Å². The molecule has 1 fully saturated rings. The smallest absolute Gasteiger partial charge is 0.122 e. The third kappa shape index (κ3) is 4.63. The van der Waals surface area contributed by atoms with E-state index < -0.39 is 0 Å². The van der Waals surface area contributed by atoms with Crippen LogP contribution in [-0.4, -0.2) is 7.11 Å². The van der Waals surface area contributed by atoms with Gasteiger partial charge in [0.25, 0.3) is 0 Å². The zero-order valence-electron chi connectivity index (χ0n) is 14.6. The first-order valence-corrected chi connectivity index (χ1v) is 9.11. The van der Waals surface area contributed by atoms with Crippen LogP contribution in [-0.2, 0) is 6.42 Å². The number of benzene rings is 1. The van der Waals surface area contributed by atoms with Gasteiger partial charge in [0.05, 0.1) is 7.11 Å². The SMILES string of the molecule is CCC/C=C/C1CCC(c2ccc(OC)c(CCC)c2)CC1. The molecule has 0 unspecified atom stereocenters. The van der Waals surface area contributed by atoms with Crippen molar-refractivity contribution in [2.75, 3.05) is 7.11 Å². The molecule has 122 valence electrons. The Morgan fingerprint density at radius 1 is 1.09 bits per heavy atom. The second kappa shape index (κ2) is 9.02. The van der Waals surface area contributed by atoms with Gasteiger partial charge >= 0.3 is 0 Å². The Morgan fingerprint density at radius 2 is 1.86 bits per heavy atom. The largest absolute Gasteiger partial charge is 0.496 e. The normalized spacial score (nSPS) is 22.1. The maximum atomic E-state index is 5.50. The van der Waals surface area contributed by atoms with Crippen molar-refractivity contribution in [3.63, 3.8) is 0 Å². The molecule has 0 radical (unpaired) electrons. The standard InChI is InChI=1S/C21H32O/c1-4-6-7-9-17-10-12-18(13-11-17)19-14-15-21(22-3)20(16-19)8-5-2/h7,9,14-18H,4-6,8,10-13H2,1-3H3/b9-7+. The van der Waals surface area contributed by atoms with Crippen LogP contribution in [0.3, 0.4) is 0 Å². The van der Waals surface area contributed by atoms with Crippen LogP contribution >= 0.6 is 0 Å². The van der Waals surface area contributed by atoms with Crippen LogP contribution in [0.1, 0.15) is 75.8 Å². The highest BCUT2D eigenvalue weighted by molar-refractivity contribution is 5.39. The topological polar surface area (TPSA) is 9.23 Å². The van der Waals surface area contributed by atoms with E-state index in [1.165, 1.54) is 56.1 Å². The molecule has 1 aliphatic carbocycles. The van der Waals surface area contributed by atoms with Crippen molar-refractivity contribution >= 4 is 0 Å². The number of unbranched alkanes of at least 4 members (excludes halogenated alkanes) is 1. The Kier molecular flexibility index (Phi) is 7.02. The van der Waals surface area contributed by atoms with E-state index in [1.54, 1.807) is 7.11 Å². The molecule has 1 aromatic carbocycles. The highest BCUT2D eigenvalue weighted by Gasteiger charge is 2.21. The van der Waals surface area contributed by atoms with E-state index in [0.717, 1.165) is 24.0 Å². The fourth-order valence-corrected chi connectivity index (χ4v) is 3.62. The van der Waals surface area contributed by atoms with Gasteiger partial charge in [-0.05, 0) is 67.6 Å². The molecule has 0 spiro atoms. The molecule has 0 bridgehead atoms. The van der Waals surface area contributed by atoms with Crippen molar-refractivity contribution in [1.29, 1.82) is 0 Å². The molecule has 0 aromatic heterocycles. The Hall–Kier alpha value is -1.24. The molecule has 0 heterocycles. The zero-order valence-corrected chi connectivity index (χ0v) is 14.6. The number of rotatable bonds is 7. The molecule has 0 amide bonds. The summed E-state index contributed by atoms with van der Waals surface area (Å²) in [6.07, 6.45) is 15.0. The molecule has 1 aromatic rings. The van der Waals surface area contributed by atoms with Crippen LogP contribution in [0.5, 0.6) is 5.75 Å². The quantitative estimate of drug-likeness (QED) is 0.539. The van der Waals surface area contributed by atoms with Crippen molar-refractivity contribution in [2.45, 2.75) is 71.1 Å². The van der Waals surface area contributed by atoms with E-state index in [1.807, 2.05) is 0 Å². The van der Waals surface area contributed by atoms with Crippen LogP contribution < -0.4 is 4.74 Å². The summed E-state index contributed by atoms with van der Waals surface area (Å²) in [6.45, 7) is 4.48. The number of methoxy groups -OCH3 is 1. The lowest BCUT2D eigenvalue weighted by atomic mass is 9.78. The van der Waals surface area contributed by atoms with Crippen LogP contribution in [0.15, 0.2) is 30.4 Å². The highest BCUT2D eigenvalue weighted by atomic mass is 16.5. The first-order valence-electron chi connectivity index (χ1n) is 9.11. The lowest BCUT2D eigenvalue weighted by molar-refractivity contribution is 0.374. The zero-order chi connectivity index (χ0) is 15.8. The van der Waals surface area contributed by atoms with Crippen LogP contribution in [0, 0.1) is 5.92 Å². The molecule has 0 N–H and O–H groups in total. The summed E-state index contributed by atoms with van der Waals surface area (Å²) in [5.74, 6) is 2.62. The van der Waals surface area contributed by atoms with E-state index >= 15 is 0 Å². The third-order valence-corrected chi connectivity index (χ3v) is 4.93. The monoisotopic (exact) mass is 300 g/mol. The molecule has 22 heavy (non-hydrogen) atoms. The van der Waals surface area contributed by atoms with Gasteiger partial charge in [-0.1, -0.05) is 51.0 Å². The Labute approximate surface area is 136 Å². The van der Waals surface area contributed by atoms with E-state index in [0.29, 0.717) is 0 Å². The maximum Gasteiger partial charge on any atom is 0.122 e. The van der Waals surface area contributed by atoms with Gasteiger partial charge in [0, 0.05) is 0 Å². The molecule has 0 saturated heterocycles. The van der Waals surface area contributed by atoms with Crippen molar-refractivity contribution in [3.8, 4) is 5.75 Å². The molecule has 1 saturated carbocycles. The van der Waals surface area contributed by atoms with Gasteiger partial charge in [-0.15, -0.1) is 0 Å². The van der Waals surface area contributed by atoms with E-state index in [9.17, 15) is 0 Å². The maximum absolute atomic E-state index is 5.50. The minimum Gasteiger partial charge on any atom is -0.496 e. The summed E-state index contributed by atoms with van der Waals surface area (Å²) in [7, 11) is 1.78. The second-order valence-electron chi connectivity index (χ2n) is 6.65. The van der Waals surface area contributed by atoms with Gasteiger partial charge in [-0.2, -0.15) is 0 Å². The Bertz CT molecular complexity index is 467. The fourth-order valence-electron chi connectivity index (χ4n) is 3.62. The lowest BCUT2D eigenvalue weighted by Gasteiger charge is -2.27. The molecule has 1 heteroatoms. The minimum atomic E-state index is 0.748. The molecular weight excluding hydrogens is 268 g/mol. The van der Waals surface area contributed by atoms with E-state index in [-0.39, 0.29) is 0 Å². The predicted molar refractivity (Wildman–Crippen MR) is 95.7 cm³/mol. The van der Waals surface area contributed by atoms with Gasteiger partial charge in [-0.25, -0.2) is 0 Å². The van der Waals surface area contributed by atoms with Crippen LogP contribution in [0.2, 0.25) is 0 Å². The third-order valence-electron chi connectivity index (χ3n) is 4.93. The first-order chi connectivity index (χ1) is 10.8. The summed E-state index contributed by atoms with van der Waals surface area (Å²) in [6, 6.07) is 6.86. The van der Waals surface area contributed by atoms with Gasteiger partial charge < -0.3 is 4.74 Å². The van der Waals surface area contributed by atoms with Gasteiger partial charge in [-0.3, -0.25) is 0 Å². The number of hydrogen-bond donors (Lipinski definition) is 0. The van der Waals surface area contributed by atoms with Gasteiger partial charge in [0.2, 0.25) is 0 Å². The fraction of sp³-hybridized carbons (Fsp3) is 0.619. The molecule has 0 aliphatic heterocycles. The van der Waals surface area contributed by atoms with Crippen LogP contribution in [0.4, 0.5) is 0 Å². The molecule has 0 atom stereocenters. The summed E-state index contributed by atoms with van der Waals surface area (Å²) in [5.41, 5.74) is 2.91. The molecule has 1 aliphatic rings. The summed E-state index contributed by atoms with van der Waals surface area (Å²) in [4.78, 5) is 0. The Balaban J connectivity index is 1.97. The second-order valence-corrected chi connectivity index (χ2v) is 6.65. The van der Waals surface area contributed by atoms with Crippen molar-refractivity contribution in [2.24, 2.45) is 5.92 Å². The summed E-state index contributed by atoms with van der Waals surface area (Å²) >= 11 is 0. The van der Waals surface area contributed by atoms with Gasteiger partial charge in [0.1, 0.15) is 5.75 Å². The minimum absolute atomic E-state index is 0.748.